The van der Waals surface area contributed by atoms with Gasteiger partial charge in [0.15, 0.2) is 0 Å². The minimum atomic E-state index is -0.679. The predicted octanol–water partition coefficient (Wildman–Crippen LogP) is 1.71. The summed E-state index contributed by atoms with van der Waals surface area (Å²) in [5.74, 6) is -0.0409. The lowest BCUT2D eigenvalue weighted by molar-refractivity contribution is -0.128. The van der Waals surface area contributed by atoms with Gasteiger partial charge in [-0.1, -0.05) is 37.3 Å². The Hall–Kier alpha value is -1.39. The first-order valence-electron chi connectivity index (χ1n) is 7.31. The van der Waals surface area contributed by atoms with Crippen LogP contribution in [0.5, 0.6) is 0 Å². The zero-order valence-corrected chi connectivity index (χ0v) is 12.3. The number of aliphatic hydroxyl groups is 1. The van der Waals surface area contributed by atoms with Gasteiger partial charge in [-0.25, -0.2) is 0 Å². The quantitative estimate of drug-likeness (QED) is 0.831. The van der Waals surface area contributed by atoms with Crippen molar-refractivity contribution in [1.29, 1.82) is 0 Å². The van der Waals surface area contributed by atoms with E-state index in [4.69, 9.17) is 0 Å². The van der Waals surface area contributed by atoms with E-state index in [1.54, 1.807) is 0 Å². The average molecular weight is 276 g/mol. The lowest BCUT2D eigenvalue weighted by atomic mass is 9.80. The molecule has 1 atom stereocenters. The van der Waals surface area contributed by atoms with Crippen LogP contribution in [0.1, 0.15) is 37.8 Å². The van der Waals surface area contributed by atoms with E-state index < -0.39 is 5.60 Å². The number of rotatable bonds is 6. The minimum absolute atomic E-state index is 0.0409. The van der Waals surface area contributed by atoms with Crippen LogP contribution in [0.4, 0.5) is 0 Å². The first-order chi connectivity index (χ1) is 9.56. The van der Waals surface area contributed by atoms with E-state index in [0.29, 0.717) is 6.54 Å². The Morgan fingerprint density at radius 3 is 2.55 bits per heavy atom. The number of benzene rings is 1. The highest BCUT2D eigenvalue weighted by Crippen LogP contribution is 2.31. The van der Waals surface area contributed by atoms with Crippen LogP contribution in [-0.2, 0) is 4.79 Å². The second-order valence-corrected chi connectivity index (χ2v) is 5.68. The summed E-state index contributed by atoms with van der Waals surface area (Å²) in [5, 5.41) is 13.0. The molecule has 4 heteroatoms. The molecule has 0 aromatic heterocycles. The Morgan fingerprint density at radius 2 is 2.05 bits per heavy atom. The Balaban J connectivity index is 2.04. The van der Waals surface area contributed by atoms with Gasteiger partial charge in [-0.05, 0) is 38.4 Å². The highest BCUT2D eigenvalue weighted by Gasteiger charge is 2.35. The normalized spacial score (nSPS) is 18.4. The van der Waals surface area contributed by atoms with Crippen molar-refractivity contribution in [3.63, 3.8) is 0 Å². The molecule has 0 heterocycles. The third-order valence-electron chi connectivity index (χ3n) is 4.18. The van der Waals surface area contributed by atoms with Crippen LogP contribution >= 0.6 is 0 Å². The number of nitrogens with zero attached hydrogens (tertiary/aromatic N) is 1. The topological polar surface area (TPSA) is 52.6 Å². The van der Waals surface area contributed by atoms with Gasteiger partial charge in [0.2, 0.25) is 5.91 Å². The number of carbonyl (C=O) groups excluding carboxylic acids is 1. The molecule has 110 valence electrons. The lowest BCUT2D eigenvalue weighted by Gasteiger charge is -2.37. The van der Waals surface area contributed by atoms with Crippen molar-refractivity contribution in [2.24, 2.45) is 0 Å². The molecule has 1 aliphatic carbocycles. The standard InChI is InChI=1S/C16H24N2O2/c1-3-18(2)14(13-8-5-4-6-9-13)15(19)17-12-16(20)10-7-11-16/h4-6,8-9,14,20H,3,7,10-12H2,1-2H3,(H,17,19). The van der Waals surface area contributed by atoms with Crippen LogP contribution in [0.3, 0.4) is 0 Å². The van der Waals surface area contributed by atoms with E-state index in [0.717, 1.165) is 31.4 Å². The molecule has 1 amide bonds. The molecule has 4 nitrogen and oxygen atoms in total. The molecule has 20 heavy (non-hydrogen) atoms. The number of nitrogens with one attached hydrogen (secondary N) is 1. The lowest BCUT2D eigenvalue weighted by Crippen LogP contribution is -2.50. The average Bonchev–Trinajstić information content (AvgIpc) is 2.44. The Morgan fingerprint density at radius 1 is 1.40 bits per heavy atom. The maximum absolute atomic E-state index is 12.5. The third kappa shape index (κ3) is 3.38. The van der Waals surface area contributed by atoms with Crippen LogP contribution in [0.25, 0.3) is 0 Å². The van der Waals surface area contributed by atoms with Crippen molar-refractivity contribution < 1.29 is 9.90 Å². The molecular formula is C16H24N2O2. The maximum atomic E-state index is 12.5. The summed E-state index contributed by atoms with van der Waals surface area (Å²) in [5.41, 5.74) is 0.303. The number of likely N-dealkylation sites (N-methyl/N-ethyl adjacent to an activating group) is 1. The predicted molar refractivity (Wildman–Crippen MR) is 79.3 cm³/mol. The summed E-state index contributed by atoms with van der Waals surface area (Å²) in [6.45, 7) is 3.17. The van der Waals surface area contributed by atoms with E-state index in [2.05, 4.69) is 5.32 Å². The summed E-state index contributed by atoms with van der Waals surface area (Å²) < 4.78 is 0. The zero-order valence-electron chi connectivity index (χ0n) is 12.3. The smallest absolute Gasteiger partial charge is 0.242 e. The molecule has 0 spiro atoms. The van der Waals surface area contributed by atoms with E-state index in [-0.39, 0.29) is 11.9 Å². The van der Waals surface area contributed by atoms with Gasteiger partial charge in [-0.15, -0.1) is 0 Å². The zero-order chi connectivity index (χ0) is 14.6. The molecule has 1 aromatic rings. The van der Waals surface area contributed by atoms with Crippen molar-refractivity contribution in [3.8, 4) is 0 Å². The second-order valence-electron chi connectivity index (χ2n) is 5.68. The molecule has 2 rings (SSSR count). The van der Waals surface area contributed by atoms with Crippen molar-refractivity contribution in [2.45, 2.75) is 37.8 Å². The minimum Gasteiger partial charge on any atom is -0.388 e. The van der Waals surface area contributed by atoms with Gasteiger partial charge >= 0.3 is 0 Å². The highest BCUT2D eigenvalue weighted by atomic mass is 16.3. The van der Waals surface area contributed by atoms with Gasteiger partial charge in [-0.3, -0.25) is 9.69 Å². The molecular weight excluding hydrogens is 252 g/mol. The summed E-state index contributed by atoms with van der Waals surface area (Å²) in [4.78, 5) is 14.5. The number of hydrogen-bond acceptors (Lipinski definition) is 3. The molecule has 1 aliphatic rings. The molecule has 0 saturated heterocycles. The van der Waals surface area contributed by atoms with Crippen LogP contribution in [0.2, 0.25) is 0 Å². The Kier molecular flexibility index (Phi) is 4.78. The molecule has 0 aliphatic heterocycles. The summed E-state index contributed by atoms with van der Waals surface area (Å²) in [6.07, 6.45) is 2.61. The summed E-state index contributed by atoms with van der Waals surface area (Å²) >= 11 is 0. The fraction of sp³-hybridized carbons (Fsp3) is 0.562. The summed E-state index contributed by atoms with van der Waals surface area (Å²) in [7, 11) is 1.94. The van der Waals surface area contributed by atoms with Crippen LogP contribution in [0.15, 0.2) is 30.3 Å². The van der Waals surface area contributed by atoms with Gasteiger partial charge in [0.1, 0.15) is 6.04 Å². The fourth-order valence-corrected chi connectivity index (χ4v) is 2.53. The van der Waals surface area contributed by atoms with Crippen LogP contribution in [-0.4, -0.2) is 41.7 Å². The van der Waals surface area contributed by atoms with Gasteiger partial charge in [0.05, 0.1) is 5.60 Å². The van der Waals surface area contributed by atoms with Gasteiger partial charge < -0.3 is 10.4 Å². The number of hydrogen-bond donors (Lipinski definition) is 2. The van der Waals surface area contributed by atoms with E-state index in [1.807, 2.05) is 49.2 Å². The van der Waals surface area contributed by atoms with Crippen LogP contribution < -0.4 is 5.32 Å². The highest BCUT2D eigenvalue weighted by molar-refractivity contribution is 5.83. The van der Waals surface area contributed by atoms with Crippen molar-refractivity contribution in [2.75, 3.05) is 20.1 Å². The first kappa shape index (κ1) is 15.0. The number of carbonyl (C=O) groups is 1. The summed E-state index contributed by atoms with van der Waals surface area (Å²) in [6, 6.07) is 9.46. The van der Waals surface area contributed by atoms with Gasteiger partial charge in [0.25, 0.3) is 0 Å². The molecule has 1 fully saturated rings. The van der Waals surface area contributed by atoms with Crippen LogP contribution in [0, 0.1) is 0 Å². The van der Waals surface area contributed by atoms with Gasteiger partial charge in [-0.2, -0.15) is 0 Å². The second kappa shape index (κ2) is 6.37. The molecule has 1 saturated carbocycles. The van der Waals surface area contributed by atoms with Crippen molar-refractivity contribution >= 4 is 5.91 Å². The first-order valence-corrected chi connectivity index (χ1v) is 7.31. The Labute approximate surface area is 120 Å². The largest absolute Gasteiger partial charge is 0.388 e. The van der Waals surface area contributed by atoms with Gasteiger partial charge in [0, 0.05) is 6.54 Å². The van der Waals surface area contributed by atoms with Crippen molar-refractivity contribution in [3.05, 3.63) is 35.9 Å². The molecule has 0 bridgehead atoms. The molecule has 1 unspecified atom stereocenters. The fourth-order valence-electron chi connectivity index (χ4n) is 2.53. The van der Waals surface area contributed by atoms with Crippen molar-refractivity contribution in [1.82, 2.24) is 10.2 Å². The SMILES string of the molecule is CCN(C)C(C(=O)NCC1(O)CCC1)c1ccccc1. The molecule has 1 aromatic carbocycles. The molecule has 2 N–H and O–H groups in total. The number of amides is 1. The van der Waals surface area contributed by atoms with E-state index >= 15 is 0 Å². The van der Waals surface area contributed by atoms with E-state index in [9.17, 15) is 9.90 Å². The molecule has 0 radical (unpaired) electrons. The Bertz CT molecular complexity index is 443. The third-order valence-corrected chi connectivity index (χ3v) is 4.18. The van der Waals surface area contributed by atoms with E-state index in [1.165, 1.54) is 0 Å². The maximum Gasteiger partial charge on any atom is 0.242 e. The monoisotopic (exact) mass is 276 g/mol.